The van der Waals surface area contributed by atoms with E-state index >= 15 is 0 Å². The van der Waals surface area contributed by atoms with Crippen LogP contribution in [0, 0.1) is 0 Å². The summed E-state index contributed by atoms with van der Waals surface area (Å²) in [6.45, 7) is 0.536. The first-order chi connectivity index (χ1) is 13.8. The lowest BCUT2D eigenvalue weighted by atomic mass is 9.99. The molecule has 3 aromatic rings. The number of nitrogens with zero attached hydrogens (tertiary/aromatic N) is 2. The van der Waals surface area contributed by atoms with Gasteiger partial charge in [-0.05, 0) is 41.8 Å². The van der Waals surface area contributed by atoms with Gasteiger partial charge in [0, 0.05) is 43.6 Å². The fourth-order valence-electron chi connectivity index (χ4n) is 3.89. The third kappa shape index (κ3) is 3.36. The van der Waals surface area contributed by atoms with Crippen LogP contribution in [0.3, 0.4) is 0 Å². The molecule has 0 atom stereocenters. The summed E-state index contributed by atoms with van der Waals surface area (Å²) in [5, 5.41) is 10.8. The first kappa shape index (κ1) is 19.4. The lowest BCUT2D eigenvalue weighted by Crippen LogP contribution is -2.36. The molecule has 0 saturated heterocycles. The third-order valence-corrected chi connectivity index (χ3v) is 7.29. The predicted molar refractivity (Wildman–Crippen MR) is 113 cm³/mol. The van der Waals surface area contributed by atoms with Gasteiger partial charge < -0.3 is 10.0 Å². The summed E-state index contributed by atoms with van der Waals surface area (Å²) < 4.78 is 28.5. The fraction of sp³-hybridized carbons (Fsp3) is 0.227. The van der Waals surface area contributed by atoms with Crippen LogP contribution >= 0.6 is 0 Å². The Hall–Kier alpha value is -2.90. The average molecular weight is 410 g/mol. The Balaban J connectivity index is 1.78. The Morgan fingerprint density at radius 2 is 1.72 bits per heavy atom. The van der Waals surface area contributed by atoms with Gasteiger partial charge in [0.05, 0.1) is 10.5 Å². The van der Waals surface area contributed by atoms with Crippen LogP contribution in [0.25, 0.3) is 10.8 Å². The Morgan fingerprint density at radius 1 is 1.00 bits per heavy atom. The van der Waals surface area contributed by atoms with Crippen molar-refractivity contribution < 1.29 is 18.3 Å². The van der Waals surface area contributed by atoms with Crippen molar-refractivity contribution in [2.45, 2.75) is 17.9 Å². The molecule has 150 valence electrons. The second kappa shape index (κ2) is 7.17. The van der Waals surface area contributed by atoms with Gasteiger partial charge in [0.1, 0.15) is 0 Å². The predicted octanol–water partition coefficient (Wildman–Crippen LogP) is 3.35. The Bertz CT molecular complexity index is 1220. The maximum Gasteiger partial charge on any atom is 0.335 e. The van der Waals surface area contributed by atoms with Crippen LogP contribution in [0.4, 0.5) is 5.69 Å². The molecule has 0 radical (unpaired) electrons. The molecule has 1 aliphatic rings. The van der Waals surface area contributed by atoms with E-state index in [1.54, 1.807) is 30.3 Å². The summed E-state index contributed by atoms with van der Waals surface area (Å²) in [7, 11) is 0.117. The van der Waals surface area contributed by atoms with Crippen molar-refractivity contribution in [3.8, 4) is 0 Å². The van der Waals surface area contributed by atoms with Crippen molar-refractivity contribution in [3.63, 3.8) is 0 Å². The molecule has 0 unspecified atom stereocenters. The van der Waals surface area contributed by atoms with Gasteiger partial charge in [-0.1, -0.05) is 30.3 Å². The molecule has 1 aliphatic heterocycles. The Labute approximate surface area is 170 Å². The number of anilines is 1. The summed E-state index contributed by atoms with van der Waals surface area (Å²) in [6.07, 6.45) is 0.558. The molecule has 4 rings (SSSR count). The number of carbonyl (C=O) groups is 1. The highest BCUT2D eigenvalue weighted by atomic mass is 32.2. The van der Waals surface area contributed by atoms with Crippen LogP contribution in [0.2, 0.25) is 0 Å². The normalized spacial score (nSPS) is 14.6. The highest BCUT2D eigenvalue weighted by molar-refractivity contribution is 7.89. The van der Waals surface area contributed by atoms with Crippen molar-refractivity contribution in [1.29, 1.82) is 0 Å². The Kier molecular flexibility index (Phi) is 4.80. The molecule has 3 aromatic carbocycles. The van der Waals surface area contributed by atoms with Gasteiger partial charge in [0.25, 0.3) is 0 Å². The largest absolute Gasteiger partial charge is 0.478 e. The number of hydrogen-bond acceptors (Lipinski definition) is 4. The second-order valence-electron chi connectivity index (χ2n) is 7.40. The summed E-state index contributed by atoms with van der Waals surface area (Å²) in [4.78, 5) is 13.5. The molecular formula is C22H22N2O4S. The smallest absolute Gasteiger partial charge is 0.335 e. The lowest BCUT2D eigenvalue weighted by molar-refractivity contribution is 0.0696. The molecule has 7 heteroatoms. The highest BCUT2D eigenvalue weighted by Gasteiger charge is 2.30. The van der Waals surface area contributed by atoms with Crippen LogP contribution in [-0.4, -0.2) is 44.4 Å². The fourth-order valence-corrected chi connectivity index (χ4v) is 5.51. The summed E-state index contributed by atoms with van der Waals surface area (Å²) >= 11 is 0. The van der Waals surface area contributed by atoms with E-state index in [9.17, 15) is 18.3 Å². The third-order valence-electron chi connectivity index (χ3n) is 5.39. The zero-order valence-electron chi connectivity index (χ0n) is 16.3. The van der Waals surface area contributed by atoms with E-state index < -0.39 is 16.0 Å². The minimum Gasteiger partial charge on any atom is -0.478 e. The van der Waals surface area contributed by atoms with Gasteiger partial charge >= 0.3 is 5.97 Å². The minimum atomic E-state index is -3.74. The molecule has 0 bridgehead atoms. The van der Waals surface area contributed by atoms with Gasteiger partial charge in [-0.3, -0.25) is 0 Å². The monoisotopic (exact) mass is 410 g/mol. The molecule has 0 saturated carbocycles. The van der Waals surface area contributed by atoms with E-state index in [4.69, 9.17) is 0 Å². The van der Waals surface area contributed by atoms with Crippen LogP contribution < -0.4 is 4.90 Å². The molecule has 0 amide bonds. The number of carboxylic acid groups (broad SMARTS) is 1. The van der Waals surface area contributed by atoms with Crippen LogP contribution in [0.5, 0.6) is 0 Å². The highest BCUT2D eigenvalue weighted by Crippen LogP contribution is 2.33. The number of benzene rings is 3. The van der Waals surface area contributed by atoms with E-state index in [0.717, 1.165) is 22.2 Å². The maximum absolute atomic E-state index is 13.5. The number of rotatable bonds is 4. The summed E-state index contributed by atoms with van der Waals surface area (Å²) in [5.74, 6) is -1.02. The van der Waals surface area contributed by atoms with Gasteiger partial charge in [-0.25, -0.2) is 13.2 Å². The first-order valence-electron chi connectivity index (χ1n) is 9.33. The van der Waals surface area contributed by atoms with Gasteiger partial charge in [0.2, 0.25) is 10.0 Å². The average Bonchev–Trinajstić information content (AvgIpc) is 2.71. The molecular weight excluding hydrogens is 388 g/mol. The van der Waals surface area contributed by atoms with Crippen LogP contribution in [-0.2, 0) is 23.0 Å². The minimum absolute atomic E-state index is 0.169. The quantitative estimate of drug-likeness (QED) is 0.714. The van der Waals surface area contributed by atoms with E-state index in [2.05, 4.69) is 0 Å². The number of hydrogen-bond donors (Lipinski definition) is 1. The van der Waals surface area contributed by atoms with E-state index in [1.165, 1.54) is 4.31 Å². The van der Waals surface area contributed by atoms with Crippen molar-refractivity contribution in [1.82, 2.24) is 4.31 Å². The van der Waals surface area contributed by atoms with E-state index in [0.29, 0.717) is 18.4 Å². The van der Waals surface area contributed by atoms with Crippen molar-refractivity contribution in [2.24, 2.45) is 0 Å². The zero-order chi connectivity index (χ0) is 20.8. The summed E-state index contributed by atoms with van der Waals surface area (Å²) in [5.41, 5.74) is 2.86. The Morgan fingerprint density at radius 3 is 2.45 bits per heavy atom. The standard InChI is InChI=1S/C22H22N2O4S/c1-23(2)20-7-3-6-19-18(20)5-4-8-21(19)29(27,28)24-12-11-15-9-10-16(22(25)26)13-17(15)14-24/h3-10,13H,11-12,14H2,1-2H3,(H,25,26). The van der Waals surface area contributed by atoms with Crippen molar-refractivity contribution >= 4 is 32.5 Å². The molecule has 0 spiro atoms. The number of aromatic carboxylic acids is 1. The molecule has 0 aliphatic carbocycles. The molecule has 1 N–H and O–H groups in total. The summed E-state index contributed by atoms with van der Waals surface area (Å²) in [6, 6.07) is 15.9. The van der Waals surface area contributed by atoms with Gasteiger partial charge in [0.15, 0.2) is 0 Å². The van der Waals surface area contributed by atoms with Crippen molar-refractivity contribution in [3.05, 3.63) is 71.3 Å². The molecule has 0 fully saturated rings. The molecule has 0 aromatic heterocycles. The van der Waals surface area contributed by atoms with Crippen molar-refractivity contribution in [2.75, 3.05) is 25.5 Å². The number of carboxylic acids is 1. The van der Waals surface area contributed by atoms with Gasteiger partial charge in [-0.15, -0.1) is 0 Å². The van der Waals surface area contributed by atoms with Gasteiger partial charge in [-0.2, -0.15) is 4.31 Å². The number of sulfonamides is 1. The second-order valence-corrected chi connectivity index (χ2v) is 9.31. The van der Waals surface area contributed by atoms with Crippen LogP contribution in [0.1, 0.15) is 21.5 Å². The van der Waals surface area contributed by atoms with Crippen LogP contribution in [0.15, 0.2) is 59.5 Å². The maximum atomic E-state index is 13.5. The van der Waals surface area contributed by atoms with E-state index in [1.807, 2.05) is 43.3 Å². The first-order valence-corrected chi connectivity index (χ1v) is 10.8. The topological polar surface area (TPSA) is 77.9 Å². The zero-order valence-corrected chi connectivity index (χ0v) is 17.1. The van der Waals surface area contributed by atoms with E-state index in [-0.39, 0.29) is 17.0 Å². The SMILES string of the molecule is CN(C)c1cccc2c(S(=O)(=O)N3CCc4ccc(C(=O)O)cc4C3)cccc12. The molecule has 1 heterocycles. The molecule has 29 heavy (non-hydrogen) atoms. The molecule has 6 nitrogen and oxygen atoms in total. The number of fused-ring (bicyclic) bond motifs is 2. The lowest BCUT2D eigenvalue weighted by Gasteiger charge is -2.29.